The molecule has 0 amide bonds. The van der Waals surface area contributed by atoms with E-state index in [-0.39, 0.29) is 18.5 Å². The van der Waals surface area contributed by atoms with Gasteiger partial charge >= 0.3 is 0 Å². The van der Waals surface area contributed by atoms with E-state index in [1.165, 1.54) is 5.56 Å². The average molecular weight is 517 g/mol. The summed E-state index contributed by atoms with van der Waals surface area (Å²) in [6, 6.07) is 14.4. The highest BCUT2D eigenvalue weighted by atomic mass is 35.5. The van der Waals surface area contributed by atoms with Crippen LogP contribution >= 0.6 is 12.4 Å². The lowest BCUT2D eigenvalue weighted by molar-refractivity contribution is 0.162. The van der Waals surface area contributed by atoms with Crippen molar-refractivity contribution in [3.05, 3.63) is 79.1 Å². The van der Waals surface area contributed by atoms with E-state index in [1.807, 2.05) is 59.1 Å². The molecule has 37 heavy (non-hydrogen) atoms. The van der Waals surface area contributed by atoms with E-state index < -0.39 is 0 Å². The van der Waals surface area contributed by atoms with Crippen LogP contribution in [0.2, 0.25) is 0 Å². The van der Waals surface area contributed by atoms with Gasteiger partial charge in [-0.2, -0.15) is 5.10 Å². The van der Waals surface area contributed by atoms with Gasteiger partial charge in [-0.05, 0) is 43.1 Å². The van der Waals surface area contributed by atoms with Gasteiger partial charge in [-0.25, -0.2) is 15.0 Å². The third-order valence-corrected chi connectivity index (χ3v) is 6.47. The third-order valence-electron chi connectivity index (χ3n) is 6.47. The van der Waals surface area contributed by atoms with Gasteiger partial charge in [0.25, 0.3) is 0 Å². The Balaban J connectivity index is 0.00000280. The number of nitrogens with one attached hydrogen (secondary N) is 2. The normalized spacial score (nSPS) is 13.9. The molecule has 1 saturated heterocycles. The predicted molar refractivity (Wildman–Crippen MR) is 146 cm³/mol. The molecule has 190 valence electrons. The summed E-state index contributed by atoms with van der Waals surface area (Å²) in [4.78, 5) is 13.5. The van der Waals surface area contributed by atoms with Crippen LogP contribution in [0.4, 0.5) is 5.82 Å². The van der Waals surface area contributed by atoms with Crippen LogP contribution < -0.4 is 15.4 Å². The van der Waals surface area contributed by atoms with Crippen LogP contribution in [0.15, 0.2) is 73.6 Å². The van der Waals surface area contributed by atoms with Crippen molar-refractivity contribution in [2.24, 2.45) is 7.05 Å². The highest BCUT2D eigenvalue weighted by Crippen LogP contribution is 2.25. The van der Waals surface area contributed by atoms with Crippen LogP contribution in [-0.2, 0) is 13.6 Å². The van der Waals surface area contributed by atoms with E-state index >= 15 is 0 Å². The van der Waals surface area contributed by atoms with E-state index in [9.17, 15) is 0 Å². The van der Waals surface area contributed by atoms with Gasteiger partial charge in [0.1, 0.15) is 29.6 Å². The Labute approximate surface area is 221 Å². The minimum Gasteiger partial charge on any atom is -0.490 e. The molecule has 5 aromatic rings. The first-order valence-corrected chi connectivity index (χ1v) is 12.2. The number of imidazole rings is 1. The molecular formula is C27H29ClN8O. The van der Waals surface area contributed by atoms with E-state index in [2.05, 4.69) is 54.9 Å². The second-order valence-electron chi connectivity index (χ2n) is 9.04. The SMILES string of the molecule is Cl.Cn1cc(-c2ccc(CNc3cc(-c4cnc5cc(OC6CCNCC6)ccn45)ncn3)cc2)cn1. The molecule has 1 aromatic carbocycles. The molecule has 0 saturated carbocycles. The smallest absolute Gasteiger partial charge is 0.140 e. The number of pyridine rings is 1. The number of nitrogens with zero attached hydrogens (tertiary/aromatic N) is 6. The largest absolute Gasteiger partial charge is 0.490 e. The molecule has 0 unspecified atom stereocenters. The van der Waals surface area contributed by atoms with Crippen molar-refractivity contribution in [1.82, 2.24) is 34.4 Å². The molecule has 0 spiro atoms. The van der Waals surface area contributed by atoms with Crippen LogP contribution in [-0.4, -0.2) is 48.3 Å². The second kappa shape index (κ2) is 11.0. The molecule has 6 rings (SSSR count). The Morgan fingerprint density at radius 3 is 2.62 bits per heavy atom. The number of aromatic nitrogens is 6. The monoisotopic (exact) mass is 516 g/mol. The van der Waals surface area contributed by atoms with Gasteiger partial charge in [0.2, 0.25) is 0 Å². The highest BCUT2D eigenvalue weighted by Gasteiger charge is 2.15. The Morgan fingerprint density at radius 2 is 1.84 bits per heavy atom. The number of hydrogen-bond donors (Lipinski definition) is 2. The van der Waals surface area contributed by atoms with Gasteiger partial charge in [-0.1, -0.05) is 24.3 Å². The van der Waals surface area contributed by atoms with Crippen LogP contribution in [0.5, 0.6) is 5.75 Å². The van der Waals surface area contributed by atoms with E-state index in [1.54, 1.807) is 6.33 Å². The lowest BCUT2D eigenvalue weighted by atomic mass is 10.1. The van der Waals surface area contributed by atoms with E-state index in [0.29, 0.717) is 6.54 Å². The van der Waals surface area contributed by atoms with Crippen molar-refractivity contribution in [2.75, 3.05) is 18.4 Å². The number of halogens is 1. The quantitative estimate of drug-likeness (QED) is 0.332. The molecule has 0 radical (unpaired) electrons. The zero-order valence-electron chi connectivity index (χ0n) is 20.5. The lowest BCUT2D eigenvalue weighted by Gasteiger charge is -2.23. The summed E-state index contributed by atoms with van der Waals surface area (Å²) in [5.74, 6) is 1.61. The number of benzene rings is 1. The Hall–Kier alpha value is -3.95. The molecule has 1 aliphatic rings. The summed E-state index contributed by atoms with van der Waals surface area (Å²) < 4.78 is 10.0. The van der Waals surface area contributed by atoms with Crippen molar-refractivity contribution in [1.29, 1.82) is 0 Å². The molecule has 0 bridgehead atoms. The van der Waals surface area contributed by atoms with Gasteiger partial charge in [0, 0.05) is 43.7 Å². The zero-order valence-corrected chi connectivity index (χ0v) is 21.4. The molecule has 0 atom stereocenters. The molecule has 0 aliphatic carbocycles. The van der Waals surface area contributed by atoms with Crippen LogP contribution in [0.3, 0.4) is 0 Å². The van der Waals surface area contributed by atoms with Crippen molar-refractivity contribution in [3.8, 4) is 28.3 Å². The number of piperidine rings is 1. The first-order valence-electron chi connectivity index (χ1n) is 12.2. The summed E-state index contributed by atoms with van der Waals surface area (Å²) in [7, 11) is 1.92. The van der Waals surface area contributed by atoms with E-state index in [4.69, 9.17) is 4.74 Å². The molecule has 4 aromatic heterocycles. The van der Waals surface area contributed by atoms with Crippen LogP contribution in [0.1, 0.15) is 18.4 Å². The fourth-order valence-corrected chi connectivity index (χ4v) is 4.50. The molecule has 10 heteroatoms. The Morgan fingerprint density at radius 1 is 1.00 bits per heavy atom. The van der Waals surface area contributed by atoms with E-state index in [0.717, 1.165) is 65.7 Å². The summed E-state index contributed by atoms with van der Waals surface area (Å²) >= 11 is 0. The van der Waals surface area contributed by atoms with Crippen molar-refractivity contribution in [3.63, 3.8) is 0 Å². The molecular weight excluding hydrogens is 488 g/mol. The predicted octanol–water partition coefficient (Wildman–Crippen LogP) is 4.36. The summed E-state index contributed by atoms with van der Waals surface area (Å²) in [6.45, 7) is 2.66. The Bertz CT molecular complexity index is 1470. The first kappa shape index (κ1) is 24.7. The number of fused-ring (bicyclic) bond motifs is 1. The van der Waals surface area contributed by atoms with Crippen molar-refractivity contribution >= 4 is 23.9 Å². The third kappa shape index (κ3) is 5.58. The number of anilines is 1. The van der Waals surface area contributed by atoms with Gasteiger partial charge in [0.15, 0.2) is 0 Å². The minimum atomic E-state index is 0. The second-order valence-corrected chi connectivity index (χ2v) is 9.04. The minimum absolute atomic E-state index is 0. The van der Waals surface area contributed by atoms with Gasteiger partial charge in [-0.15, -0.1) is 12.4 Å². The lowest BCUT2D eigenvalue weighted by Crippen LogP contribution is -2.34. The maximum atomic E-state index is 6.17. The van der Waals surface area contributed by atoms with Crippen molar-refractivity contribution < 1.29 is 4.74 Å². The summed E-state index contributed by atoms with van der Waals surface area (Å²) in [6.07, 6.45) is 11.6. The van der Waals surface area contributed by atoms with Gasteiger partial charge in [0.05, 0.1) is 23.8 Å². The first-order chi connectivity index (χ1) is 17.7. The van der Waals surface area contributed by atoms with Crippen molar-refractivity contribution in [2.45, 2.75) is 25.5 Å². The molecule has 2 N–H and O–H groups in total. The molecule has 1 fully saturated rings. The fraction of sp³-hybridized carbons (Fsp3) is 0.259. The van der Waals surface area contributed by atoms with Gasteiger partial charge < -0.3 is 15.4 Å². The number of rotatable bonds is 7. The molecule has 9 nitrogen and oxygen atoms in total. The fourth-order valence-electron chi connectivity index (χ4n) is 4.50. The average Bonchev–Trinajstić information content (AvgIpc) is 3.55. The standard InChI is InChI=1S/C27H28N8O.ClH/c1-34-17-21(15-33-34)20-4-2-19(3-5-20)14-29-26-13-24(31-18-32-26)25-16-30-27-12-23(8-11-35(25)27)36-22-6-9-28-10-7-22;/h2-5,8,11-13,15-18,22,28H,6-7,9-10,14H2,1H3,(H,29,31,32);1H. The number of ether oxygens (including phenoxy) is 1. The summed E-state index contributed by atoms with van der Waals surface area (Å²) in [5.41, 5.74) is 5.96. The molecule has 5 heterocycles. The van der Waals surface area contributed by atoms with Crippen LogP contribution in [0.25, 0.3) is 28.2 Å². The maximum absolute atomic E-state index is 6.17. The van der Waals surface area contributed by atoms with Crippen LogP contribution in [0, 0.1) is 0 Å². The highest BCUT2D eigenvalue weighted by molar-refractivity contribution is 5.85. The molecule has 1 aliphatic heterocycles. The van der Waals surface area contributed by atoms with Gasteiger partial charge in [-0.3, -0.25) is 9.08 Å². The maximum Gasteiger partial charge on any atom is 0.140 e. The topological polar surface area (TPSA) is 94.2 Å². The summed E-state index contributed by atoms with van der Waals surface area (Å²) in [5, 5.41) is 11.0. The zero-order chi connectivity index (χ0) is 24.3. The Kier molecular flexibility index (Phi) is 7.34. The number of aryl methyl sites for hydroxylation is 1. The number of hydrogen-bond acceptors (Lipinski definition) is 7.